The van der Waals surface area contributed by atoms with Crippen LogP contribution >= 0.6 is 11.8 Å². The Bertz CT molecular complexity index is 920. The summed E-state index contributed by atoms with van der Waals surface area (Å²) in [6, 6.07) is 11.6. The summed E-state index contributed by atoms with van der Waals surface area (Å²) in [7, 11) is -0.572. The number of hydrogen-bond donors (Lipinski definition) is 0. The Morgan fingerprint density at radius 3 is 2.61 bits per heavy atom. The maximum absolute atomic E-state index is 13.4. The van der Waals surface area contributed by atoms with Crippen molar-refractivity contribution < 1.29 is 13.2 Å². The maximum atomic E-state index is 13.4. The van der Waals surface area contributed by atoms with Crippen LogP contribution in [0.2, 0.25) is 0 Å². The van der Waals surface area contributed by atoms with Crippen LogP contribution in [0.4, 0.5) is 11.4 Å². The van der Waals surface area contributed by atoms with Gasteiger partial charge in [0.25, 0.3) is 10.0 Å². The number of aromatic nitrogens is 1. The molecule has 0 saturated carbocycles. The molecule has 1 aromatic carbocycles. The van der Waals surface area contributed by atoms with Crippen molar-refractivity contribution in [2.24, 2.45) is 0 Å². The average molecular weight is 422 g/mol. The molecule has 2 heterocycles. The molecule has 0 N–H and O–H groups in total. The van der Waals surface area contributed by atoms with E-state index in [2.05, 4.69) is 16.8 Å². The number of para-hydroxylation sites is 1. The number of fused-ring (bicyclic) bond motifs is 1. The Kier molecular flexibility index (Phi) is 6.52. The molecule has 1 atom stereocenters. The van der Waals surface area contributed by atoms with Crippen LogP contribution in [0.25, 0.3) is 0 Å². The minimum Gasteiger partial charge on any atom is -0.480 e. The number of methoxy groups -OCH3 is 1. The molecule has 0 aliphatic carbocycles. The second-order valence-corrected chi connectivity index (χ2v) is 9.55. The van der Waals surface area contributed by atoms with Crippen molar-refractivity contribution in [3.8, 4) is 5.88 Å². The number of anilines is 2. The highest BCUT2D eigenvalue weighted by Crippen LogP contribution is 2.41. The summed E-state index contributed by atoms with van der Waals surface area (Å²) >= 11 is 1.49. The van der Waals surface area contributed by atoms with E-state index in [1.165, 1.54) is 23.2 Å². The molecule has 8 heteroatoms. The molecule has 1 unspecified atom stereocenters. The fourth-order valence-electron chi connectivity index (χ4n) is 3.45. The van der Waals surface area contributed by atoms with E-state index in [1.54, 1.807) is 7.05 Å². The molecular weight excluding hydrogens is 394 g/mol. The number of thioether (sulfide) groups is 1. The SMILES string of the molecule is CCCCC1CN(c2ccccc2)c2cc(SC)c(OC)nc2S(=O)(=O)N1C. The Morgan fingerprint density at radius 1 is 1.29 bits per heavy atom. The molecule has 0 fully saturated rings. The quantitative estimate of drug-likeness (QED) is 0.653. The van der Waals surface area contributed by atoms with Crippen LogP contribution < -0.4 is 9.64 Å². The number of hydrogen-bond acceptors (Lipinski definition) is 6. The largest absolute Gasteiger partial charge is 0.480 e. The summed E-state index contributed by atoms with van der Waals surface area (Å²) in [5.74, 6) is 0.336. The number of ether oxygens (including phenoxy) is 1. The maximum Gasteiger partial charge on any atom is 0.262 e. The fraction of sp³-hybridized carbons (Fsp3) is 0.450. The van der Waals surface area contributed by atoms with Crippen molar-refractivity contribution in [3.63, 3.8) is 0 Å². The number of nitrogens with zero attached hydrogens (tertiary/aromatic N) is 3. The lowest BCUT2D eigenvalue weighted by Crippen LogP contribution is -2.40. The summed E-state index contributed by atoms with van der Waals surface area (Å²) in [6.07, 6.45) is 4.72. The van der Waals surface area contributed by atoms with Gasteiger partial charge < -0.3 is 9.64 Å². The number of rotatable bonds is 6. The zero-order chi connectivity index (χ0) is 20.3. The standard InChI is InChI=1S/C20H27N3O3S2/c1-5-6-10-16-14-23(15-11-8-7-9-12-15)17-13-18(27-4)19(26-3)21-20(17)28(24,25)22(16)2/h7-9,11-13,16H,5-6,10,14H2,1-4H3. The van der Waals surface area contributed by atoms with Gasteiger partial charge in [-0.05, 0) is 30.9 Å². The predicted molar refractivity (Wildman–Crippen MR) is 114 cm³/mol. The predicted octanol–water partition coefficient (Wildman–Crippen LogP) is 4.14. The first-order valence-electron chi connectivity index (χ1n) is 9.37. The summed E-state index contributed by atoms with van der Waals surface area (Å²) in [5.41, 5.74) is 1.55. The van der Waals surface area contributed by atoms with Gasteiger partial charge in [-0.2, -0.15) is 9.29 Å². The van der Waals surface area contributed by atoms with E-state index in [-0.39, 0.29) is 11.1 Å². The summed E-state index contributed by atoms with van der Waals surface area (Å²) in [6.45, 7) is 2.70. The van der Waals surface area contributed by atoms with Crippen molar-refractivity contribution in [3.05, 3.63) is 36.4 Å². The van der Waals surface area contributed by atoms with Crippen molar-refractivity contribution >= 4 is 33.2 Å². The van der Waals surface area contributed by atoms with Crippen LogP contribution in [-0.2, 0) is 10.0 Å². The van der Waals surface area contributed by atoms with Gasteiger partial charge in [0.2, 0.25) is 5.88 Å². The van der Waals surface area contributed by atoms with Crippen LogP contribution in [0.5, 0.6) is 5.88 Å². The zero-order valence-corrected chi connectivity index (χ0v) is 18.4. The minimum atomic E-state index is -3.74. The number of benzene rings is 1. The molecule has 0 radical (unpaired) electrons. The van der Waals surface area contributed by atoms with E-state index in [0.29, 0.717) is 18.1 Å². The lowest BCUT2D eigenvalue weighted by atomic mass is 10.1. The van der Waals surface area contributed by atoms with E-state index in [9.17, 15) is 8.42 Å². The Labute approximate surface area is 172 Å². The lowest BCUT2D eigenvalue weighted by Gasteiger charge is -2.29. The highest BCUT2D eigenvalue weighted by Gasteiger charge is 2.38. The third kappa shape index (κ3) is 3.86. The van der Waals surface area contributed by atoms with Gasteiger partial charge in [0.05, 0.1) is 17.7 Å². The van der Waals surface area contributed by atoms with Crippen LogP contribution in [-0.4, -0.2) is 50.7 Å². The van der Waals surface area contributed by atoms with E-state index >= 15 is 0 Å². The first-order chi connectivity index (χ1) is 13.4. The smallest absolute Gasteiger partial charge is 0.262 e. The molecule has 152 valence electrons. The second-order valence-electron chi connectivity index (χ2n) is 6.79. The number of likely N-dealkylation sites (N-methyl/N-ethyl adjacent to an activating group) is 1. The van der Waals surface area contributed by atoms with Gasteiger partial charge in [-0.15, -0.1) is 11.8 Å². The molecule has 28 heavy (non-hydrogen) atoms. The van der Waals surface area contributed by atoms with Gasteiger partial charge in [0, 0.05) is 25.3 Å². The number of sulfonamides is 1. The molecule has 0 amide bonds. The zero-order valence-electron chi connectivity index (χ0n) is 16.8. The van der Waals surface area contributed by atoms with Gasteiger partial charge >= 0.3 is 0 Å². The molecule has 1 aliphatic rings. The molecule has 1 aliphatic heterocycles. The second kappa shape index (κ2) is 8.71. The molecule has 0 spiro atoms. The van der Waals surface area contributed by atoms with E-state index in [1.807, 2.05) is 42.7 Å². The van der Waals surface area contributed by atoms with Gasteiger partial charge in [-0.3, -0.25) is 0 Å². The van der Waals surface area contributed by atoms with Crippen molar-refractivity contribution in [2.45, 2.75) is 42.1 Å². The van der Waals surface area contributed by atoms with Crippen LogP contribution in [0.3, 0.4) is 0 Å². The first kappa shape index (κ1) is 21.0. The molecule has 0 bridgehead atoms. The lowest BCUT2D eigenvalue weighted by molar-refractivity contribution is 0.349. The average Bonchev–Trinajstić information content (AvgIpc) is 2.80. The van der Waals surface area contributed by atoms with Crippen molar-refractivity contribution in [1.82, 2.24) is 9.29 Å². The number of unbranched alkanes of at least 4 members (excludes halogenated alkanes) is 1. The van der Waals surface area contributed by atoms with Gasteiger partial charge in [-0.1, -0.05) is 38.0 Å². The summed E-state index contributed by atoms with van der Waals surface area (Å²) < 4.78 is 33.7. The van der Waals surface area contributed by atoms with Crippen molar-refractivity contribution in [1.29, 1.82) is 0 Å². The molecule has 0 saturated heterocycles. The Balaban J connectivity index is 2.24. The molecule has 1 aromatic heterocycles. The topological polar surface area (TPSA) is 62.7 Å². The summed E-state index contributed by atoms with van der Waals surface area (Å²) in [4.78, 5) is 7.33. The third-order valence-electron chi connectivity index (χ3n) is 5.09. The third-order valence-corrected chi connectivity index (χ3v) is 7.67. The highest BCUT2D eigenvalue weighted by molar-refractivity contribution is 7.98. The Morgan fingerprint density at radius 2 is 2.00 bits per heavy atom. The van der Waals surface area contributed by atoms with Crippen molar-refractivity contribution in [2.75, 3.05) is 31.9 Å². The van der Waals surface area contributed by atoms with Gasteiger partial charge in [0.1, 0.15) is 0 Å². The molecule has 3 rings (SSSR count). The molecule has 2 aromatic rings. The minimum absolute atomic E-state index is 0.0486. The molecular formula is C20H27N3O3S2. The first-order valence-corrected chi connectivity index (χ1v) is 12.0. The fourth-order valence-corrected chi connectivity index (χ4v) is 5.45. The van der Waals surface area contributed by atoms with Crippen LogP contribution in [0.1, 0.15) is 26.2 Å². The van der Waals surface area contributed by atoms with Gasteiger partial charge in [-0.25, -0.2) is 8.42 Å². The number of pyridine rings is 1. The van der Waals surface area contributed by atoms with E-state index in [4.69, 9.17) is 4.74 Å². The van der Waals surface area contributed by atoms with Crippen LogP contribution in [0, 0.1) is 0 Å². The molecule has 6 nitrogen and oxygen atoms in total. The summed E-state index contributed by atoms with van der Waals surface area (Å²) in [5, 5.41) is 0.0486. The Hall–Kier alpha value is -1.77. The monoisotopic (exact) mass is 421 g/mol. The van der Waals surface area contributed by atoms with Gasteiger partial charge in [0.15, 0.2) is 5.03 Å². The highest BCUT2D eigenvalue weighted by atomic mass is 32.2. The van der Waals surface area contributed by atoms with E-state index in [0.717, 1.165) is 29.8 Å². The van der Waals surface area contributed by atoms with Crippen LogP contribution in [0.15, 0.2) is 46.3 Å². The van der Waals surface area contributed by atoms with E-state index < -0.39 is 10.0 Å². The normalized spacial score (nSPS) is 19.1.